The van der Waals surface area contributed by atoms with Crippen molar-refractivity contribution in [2.24, 2.45) is 0 Å². The van der Waals surface area contributed by atoms with E-state index < -0.39 is 10.1 Å². The SMILES string of the molecule is O=c1c2ccccc2n(CCCS(=O)(=O)O)c2ccccc12. The second-order valence-corrected chi connectivity index (χ2v) is 6.73. The molecular weight excluding hydrogens is 302 g/mol. The average molecular weight is 317 g/mol. The summed E-state index contributed by atoms with van der Waals surface area (Å²) in [4.78, 5) is 12.5. The van der Waals surface area contributed by atoms with Crippen LogP contribution in [0, 0.1) is 0 Å². The molecule has 0 saturated heterocycles. The van der Waals surface area contributed by atoms with Crippen LogP contribution in [0.1, 0.15) is 6.42 Å². The first-order valence-corrected chi connectivity index (χ1v) is 8.54. The molecule has 0 aliphatic carbocycles. The van der Waals surface area contributed by atoms with Crippen molar-refractivity contribution in [1.29, 1.82) is 0 Å². The van der Waals surface area contributed by atoms with Crippen LogP contribution in [-0.4, -0.2) is 23.3 Å². The second kappa shape index (κ2) is 5.55. The van der Waals surface area contributed by atoms with Crippen LogP contribution < -0.4 is 5.43 Å². The number of aromatic nitrogens is 1. The molecule has 0 aliphatic heterocycles. The van der Waals surface area contributed by atoms with Gasteiger partial charge in [0, 0.05) is 17.3 Å². The summed E-state index contributed by atoms with van der Waals surface area (Å²) >= 11 is 0. The van der Waals surface area contributed by atoms with Crippen molar-refractivity contribution in [3.8, 4) is 0 Å². The number of hydrogen-bond donors (Lipinski definition) is 1. The van der Waals surface area contributed by atoms with E-state index in [1.54, 1.807) is 24.3 Å². The fraction of sp³-hybridized carbons (Fsp3) is 0.188. The Morgan fingerprint density at radius 1 is 0.909 bits per heavy atom. The minimum Gasteiger partial charge on any atom is -0.340 e. The number of hydrogen-bond acceptors (Lipinski definition) is 3. The zero-order valence-electron chi connectivity index (χ0n) is 11.8. The Kier molecular flexibility index (Phi) is 3.72. The van der Waals surface area contributed by atoms with Crippen LogP contribution in [0.15, 0.2) is 53.3 Å². The number of nitrogens with zero attached hydrogens (tertiary/aromatic N) is 1. The summed E-state index contributed by atoms with van der Waals surface area (Å²) < 4.78 is 32.6. The molecule has 0 fully saturated rings. The summed E-state index contributed by atoms with van der Waals surface area (Å²) in [5, 5.41) is 1.21. The maximum absolute atomic E-state index is 12.5. The third kappa shape index (κ3) is 2.75. The van der Waals surface area contributed by atoms with Gasteiger partial charge in [-0.3, -0.25) is 9.35 Å². The summed E-state index contributed by atoms with van der Waals surface area (Å²) in [6.07, 6.45) is 0.274. The van der Waals surface area contributed by atoms with E-state index in [2.05, 4.69) is 0 Å². The fourth-order valence-corrected chi connectivity index (χ4v) is 3.22. The van der Waals surface area contributed by atoms with Gasteiger partial charge in [-0.15, -0.1) is 0 Å². The van der Waals surface area contributed by atoms with E-state index in [1.165, 1.54) is 0 Å². The van der Waals surface area contributed by atoms with Crippen LogP contribution in [0.2, 0.25) is 0 Å². The van der Waals surface area contributed by atoms with E-state index in [1.807, 2.05) is 28.8 Å². The van der Waals surface area contributed by atoms with Gasteiger partial charge in [0.15, 0.2) is 5.43 Å². The Labute approximate surface area is 127 Å². The van der Waals surface area contributed by atoms with Crippen LogP contribution in [-0.2, 0) is 16.7 Å². The summed E-state index contributed by atoms with van der Waals surface area (Å²) in [6.45, 7) is 0.404. The lowest BCUT2D eigenvalue weighted by Crippen LogP contribution is -2.13. The van der Waals surface area contributed by atoms with Crippen molar-refractivity contribution in [3.05, 3.63) is 58.8 Å². The lowest BCUT2D eigenvalue weighted by molar-refractivity contribution is 0.479. The van der Waals surface area contributed by atoms with Gasteiger partial charge in [-0.25, -0.2) is 0 Å². The first-order chi connectivity index (χ1) is 10.5. The molecule has 0 radical (unpaired) electrons. The summed E-state index contributed by atoms with van der Waals surface area (Å²) in [5.41, 5.74) is 1.50. The minimum absolute atomic E-state index is 0.0303. The highest BCUT2D eigenvalue weighted by Gasteiger charge is 2.11. The molecule has 0 unspecified atom stereocenters. The molecule has 0 saturated carbocycles. The molecule has 114 valence electrons. The first kappa shape index (κ1) is 14.7. The molecule has 0 atom stereocenters. The third-order valence-electron chi connectivity index (χ3n) is 3.66. The largest absolute Gasteiger partial charge is 0.340 e. The maximum Gasteiger partial charge on any atom is 0.264 e. The molecule has 2 aromatic carbocycles. The molecule has 0 amide bonds. The molecule has 1 N–H and O–H groups in total. The summed E-state index contributed by atoms with van der Waals surface area (Å²) in [5.74, 6) is -0.304. The molecular formula is C16H15NO4S. The highest BCUT2D eigenvalue weighted by atomic mass is 32.2. The molecule has 5 nitrogen and oxygen atoms in total. The third-order valence-corrected chi connectivity index (χ3v) is 4.47. The van der Waals surface area contributed by atoms with E-state index in [0.29, 0.717) is 17.3 Å². The molecule has 0 aliphatic rings. The van der Waals surface area contributed by atoms with Crippen molar-refractivity contribution >= 4 is 31.9 Å². The van der Waals surface area contributed by atoms with Crippen LogP contribution in [0.3, 0.4) is 0 Å². The second-order valence-electron chi connectivity index (χ2n) is 5.15. The van der Waals surface area contributed by atoms with Crippen LogP contribution in [0.5, 0.6) is 0 Å². The topological polar surface area (TPSA) is 76.4 Å². The van der Waals surface area contributed by atoms with Crippen LogP contribution in [0.25, 0.3) is 21.8 Å². The van der Waals surface area contributed by atoms with Gasteiger partial charge in [-0.05, 0) is 30.7 Å². The number of pyridine rings is 1. The van der Waals surface area contributed by atoms with Crippen molar-refractivity contribution in [2.45, 2.75) is 13.0 Å². The molecule has 1 aromatic heterocycles. The Morgan fingerprint density at radius 2 is 1.41 bits per heavy atom. The predicted molar refractivity (Wildman–Crippen MR) is 86.7 cm³/mol. The summed E-state index contributed by atoms with van der Waals surface area (Å²) in [6, 6.07) is 14.5. The number of aryl methyl sites for hydroxylation is 1. The minimum atomic E-state index is -3.98. The van der Waals surface area contributed by atoms with Gasteiger partial charge in [-0.2, -0.15) is 8.42 Å². The highest BCUT2D eigenvalue weighted by molar-refractivity contribution is 7.85. The Bertz CT molecular complexity index is 946. The molecule has 3 rings (SSSR count). The van der Waals surface area contributed by atoms with Crippen molar-refractivity contribution < 1.29 is 13.0 Å². The van der Waals surface area contributed by atoms with E-state index in [0.717, 1.165) is 11.0 Å². The smallest absolute Gasteiger partial charge is 0.264 e. The Morgan fingerprint density at radius 3 is 1.91 bits per heavy atom. The van der Waals surface area contributed by atoms with Crippen molar-refractivity contribution in [2.75, 3.05) is 5.75 Å². The number of para-hydroxylation sites is 2. The van der Waals surface area contributed by atoms with Gasteiger partial charge >= 0.3 is 0 Å². The normalized spacial score (nSPS) is 12.0. The standard InChI is InChI=1S/C16H15NO4S/c18-16-12-6-1-3-8-14(12)17(10-5-11-22(19,20)21)15-9-4-2-7-13(15)16/h1-4,6-9H,5,10-11H2,(H,19,20,21). The van der Waals surface area contributed by atoms with Gasteiger partial charge in [0.05, 0.1) is 16.8 Å². The molecule has 6 heteroatoms. The van der Waals surface area contributed by atoms with Crippen LogP contribution in [0.4, 0.5) is 0 Å². The van der Waals surface area contributed by atoms with Gasteiger partial charge in [0.2, 0.25) is 0 Å². The van der Waals surface area contributed by atoms with Crippen molar-refractivity contribution in [1.82, 2.24) is 4.57 Å². The Hall–Kier alpha value is -2.18. The Balaban J connectivity index is 2.21. The van der Waals surface area contributed by atoms with Gasteiger partial charge in [-0.1, -0.05) is 24.3 Å². The molecule has 22 heavy (non-hydrogen) atoms. The number of fused-ring (bicyclic) bond motifs is 2. The maximum atomic E-state index is 12.5. The highest BCUT2D eigenvalue weighted by Crippen LogP contribution is 2.19. The average Bonchev–Trinajstić information content (AvgIpc) is 2.49. The van der Waals surface area contributed by atoms with Gasteiger partial charge < -0.3 is 4.57 Å². The lowest BCUT2D eigenvalue weighted by Gasteiger charge is -2.14. The zero-order chi connectivity index (χ0) is 15.7. The van der Waals surface area contributed by atoms with E-state index in [-0.39, 0.29) is 17.6 Å². The predicted octanol–water partition coefficient (Wildman–Crippen LogP) is 2.43. The zero-order valence-corrected chi connectivity index (χ0v) is 12.6. The molecule has 3 aromatic rings. The van der Waals surface area contributed by atoms with Gasteiger partial charge in [0.1, 0.15) is 0 Å². The van der Waals surface area contributed by atoms with Crippen molar-refractivity contribution in [3.63, 3.8) is 0 Å². The molecule has 1 heterocycles. The molecule has 0 spiro atoms. The first-order valence-electron chi connectivity index (χ1n) is 6.93. The number of benzene rings is 2. The molecule has 0 bridgehead atoms. The van der Waals surface area contributed by atoms with E-state index in [9.17, 15) is 13.2 Å². The lowest BCUT2D eigenvalue weighted by atomic mass is 10.1. The van der Waals surface area contributed by atoms with Gasteiger partial charge in [0.25, 0.3) is 10.1 Å². The van der Waals surface area contributed by atoms with E-state index >= 15 is 0 Å². The summed E-state index contributed by atoms with van der Waals surface area (Å²) in [7, 11) is -3.98. The fourth-order valence-electron chi connectivity index (χ4n) is 2.72. The monoisotopic (exact) mass is 317 g/mol. The number of rotatable bonds is 4. The quantitative estimate of drug-likeness (QED) is 0.592. The van der Waals surface area contributed by atoms with Crippen LogP contribution >= 0.6 is 0 Å². The van der Waals surface area contributed by atoms with E-state index in [4.69, 9.17) is 4.55 Å².